The number of fused-ring (bicyclic) bond motifs is 5. The number of carbonyl (C=O) groups is 1. The van der Waals surface area contributed by atoms with Crippen LogP contribution < -0.4 is 5.32 Å². The molecule has 7 nitrogen and oxygen atoms in total. The number of aromatic hydroxyl groups is 2. The summed E-state index contributed by atoms with van der Waals surface area (Å²) in [5.41, 5.74) is -3.90. The van der Waals surface area contributed by atoms with E-state index in [1.165, 1.54) is 19.2 Å². The molecule has 1 amide bonds. The molecular weight excluding hydrogens is 403 g/mol. The molecule has 158 valence electrons. The molecule has 0 radical (unpaired) electrons. The lowest BCUT2D eigenvalue weighted by atomic mass is 9.72. The van der Waals surface area contributed by atoms with Crippen LogP contribution in [0.25, 0.3) is 5.69 Å². The van der Waals surface area contributed by atoms with Gasteiger partial charge in [0.2, 0.25) is 17.7 Å². The third-order valence-corrected chi connectivity index (χ3v) is 6.09. The molecule has 10 heteroatoms. The summed E-state index contributed by atoms with van der Waals surface area (Å²) in [6, 6.07) is 4.36. The van der Waals surface area contributed by atoms with Gasteiger partial charge in [-0.3, -0.25) is 9.36 Å². The number of carbonyl (C=O) groups excluding carboxylic acids is 1. The lowest BCUT2D eigenvalue weighted by Crippen LogP contribution is -2.39. The van der Waals surface area contributed by atoms with Gasteiger partial charge in [0.15, 0.2) is 0 Å². The molecule has 1 aromatic heterocycles. The third kappa shape index (κ3) is 2.38. The second kappa shape index (κ2) is 5.92. The summed E-state index contributed by atoms with van der Waals surface area (Å²) in [4.78, 5) is 12.4. The van der Waals surface area contributed by atoms with Crippen molar-refractivity contribution in [1.82, 2.24) is 9.88 Å². The van der Waals surface area contributed by atoms with Crippen molar-refractivity contribution < 1.29 is 32.9 Å². The highest BCUT2D eigenvalue weighted by molar-refractivity contribution is 5.82. The number of ether oxygens (including phenoxy) is 1. The zero-order valence-corrected chi connectivity index (χ0v) is 16.3. The first-order chi connectivity index (χ1) is 13.9. The Labute approximate surface area is 169 Å². The number of rotatable bonds is 2. The van der Waals surface area contributed by atoms with Crippen molar-refractivity contribution in [2.24, 2.45) is 5.92 Å². The zero-order valence-electron chi connectivity index (χ0n) is 16.3. The Morgan fingerprint density at radius 1 is 1.30 bits per heavy atom. The van der Waals surface area contributed by atoms with Gasteiger partial charge in [0, 0.05) is 7.05 Å². The van der Waals surface area contributed by atoms with Crippen LogP contribution in [0.4, 0.5) is 13.2 Å². The quantitative estimate of drug-likeness (QED) is 0.691. The first-order valence-corrected chi connectivity index (χ1v) is 9.10. The van der Waals surface area contributed by atoms with Crippen molar-refractivity contribution in [1.29, 1.82) is 5.26 Å². The van der Waals surface area contributed by atoms with Gasteiger partial charge in [0.1, 0.15) is 5.60 Å². The van der Waals surface area contributed by atoms with Crippen molar-refractivity contribution in [2.45, 2.75) is 37.6 Å². The summed E-state index contributed by atoms with van der Waals surface area (Å²) in [7, 11) is 1.47. The molecule has 2 aliphatic heterocycles. The Kier molecular flexibility index (Phi) is 3.96. The number of nitrogens with one attached hydrogen (secondary N) is 1. The Balaban J connectivity index is 1.95. The van der Waals surface area contributed by atoms with E-state index in [0.29, 0.717) is 6.07 Å². The molecule has 4 rings (SSSR count). The smallest absolute Gasteiger partial charge is 0.417 e. The monoisotopic (exact) mass is 421 g/mol. The van der Waals surface area contributed by atoms with E-state index in [9.17, 15) is 28.2 Å². The molecular formula is C20H18F3N3O4. The van der Waals surface area contributed by atoms with Gasteiger partial charge in [-0.25, -0.2) is 0 Å². The van der Waals surface area contributed by atoms with E-state index in [1.807, 2.05) is 0 Å². The minimum absolute atomic E-state index is 0.167. The zero-order chi connectivity index (χ0) is 22.2. The number of amides is 1. The number of halogens is 3. The van der Waals surface area contributed by atoms with Gasteiger partial charge in [0.25, 0.3) is 0 Å². The average molecular weight is 421 g/mol. The Bertz CT molecular complexity index is 1130. The predicted molar refractivity (Wildman–Crippen MR) is 96.8 cm³/mol. The topological polar surface area (TPSA) is 108 Å². The number of hydrogen-bond donors (Lipinski definition) is 3. The van der Waals surface area contributed by atoms with E-state index in [2.05, 4.69) is 5.32 Å². The predicted octanol–water partition coefficient (Wildman–Crippen LogP) is 3.01. The van der Waals surface area contributed by atoms with E-state index in [-0.39, 0.29) is 29.1 Å². The van der Waals surface area contributed by atoms with Gasteiger partial charge in [-0.2, -0.15) is 18.4 Å². The van der Waals surface area contributed by atoms with Crippen LogP contribution in [0.5, 0.6) is 11.8 Å². The van der Waals surface area contributed by atoms with Crippen LogP contribution in [0.3, 0.4) is 0 Å². The summed E-state index contributed by atoms with van der Waals surface area (Å²) >= 11 is 0. The van der Waals surface area contributed by atoms with Gasteiger partial charge < -0.3 is 20.3 Å². The molecule has 0 aliphatic carbocycles. The molecule has 2 bridgehead atoms. The maximum absolute atomic E-state index is 13.4. The van der Waals surface area contributed by atoms with Crippen molar-refractivity contribution >= 4 is 5.91 Å². The highest BCUT2D eigenvalue weighted by Crippen LogP contribution is 2.66. The first-order valence-electron chi connectivity index (χ1n) is 9.10. The summed E-state index contributed by atoms with van der Waals surface area (Å²) in [5, 5.41) is 33.3. The van der Waals surface area contributed by atoms with Crippen molar-refractivity contribution in [2.75, 3.05) is 7.05 Å². The number of hydrogen-bond acceptors (Lipinski definition) is 5. The summed E-state index contributed by atoms with van der Waals surface area (Å²) in [5.74, 6) is -1.95. The molecule has 0 saturated carbocycles. The van der Waals surface area contributed by atoms with Gasteiger partial charge in [0.05, 0.1) is 45.5 Å². The largest absolute Gasteiger partial charge is 0.494 e. The normalized spacial score (nSPS) is 27.0. The van der Waals surface area contributed by atoms with E-state index in [1.54, 1.807) is 13.8 Å². The van der Waals surface area contributed by atoms with Crippen LogP contribution in [0.15, 0.2) is 18.2 Å². The van der Waals surface area contributed by atoms with Crippen molar-refractivity contribution in [3.63, 3.8) is 0 Å². The second-order valence-electron chi connectivity index (χ2n) is 7.88. The van der Waals surface area contributed by atoms with Crippen LogP contribution in [-0.4, -0.2) is 27.7 Å². The molecule has 2 unspecified atom stereocenters. The highest BCUT2D eigenvalue weighted by Gasteiger charge is 2.66. The second-order valence-corrected chi connectivity index (χ2v) is 7.88. The van der Waals surface area contributed by atoms with E-state index in [4.69, 9.17) is 10.00 Å². The molecule has 3 heterocycles. The third-order valence-electron chi connectivity index (χ3n) is 6.09. The number of benzene rings is 1. The standard InChI is InChI=1S/C20H18F3N3O4/c1-18-7-12(15(27)25-3)19(2,30-18)14-13(18)16(28)26(17(14)29)10-5-4-9(8-24)11(6-10)20(21,22)23/h4-6,12,28-29H,7H2,1-3H3,(H,25,27)/t12-,18?,19?/m0/s1. The van der Waals surface area contributed by atoms with Crippen LogP contribution >= 0.6 is 0 Å². The molecule has 3 atom stereocenters. The summed E-state index contributed by atoms with van der Waals surface area (Å²) in [6.45, 7) is 3.26. The van der Waals surface area contributed by atoms with Crippen LogP contribution in [0.1, 0.15) is 42.5 Å². The maximum atomic E-state index is 13.4. The number of aromatic nitrogens is 1. The van der Waals surface area contributed by atoms with Crippen molar-refractivity contribution in [3.8, 4) is 23.5 Å². The van der Waals surface area contributed by atoms with Crippen molar-refractivity contribution in [3.05, 3.63) is 40.5 Å². The molecule has 30 heavy (non-hydrogen) atoms. The van der Waals surface area contributed by atoms with Gasteiger partial charge in [-0.1, -0.05) is 0 Å². The molecule has 1 aromatic carbocycles. The maximum Gasteiger partial charge on any atom is 0.417 e. The van der Waals surface area contributed by atoms with Gasteiger partial charge in [-0.15, -0.1) is 0 Å². The first kappa shape index (κ1) is 20.1. The molecule has 3 N–H and O–H groups in total. The number of nitriles is 1. The number of alkyl halides is 3. The Morgan fingerprint density at radius 3 is 2.50 bits per heavy atom. The Hall–Kier alpha value is -3.19. The molecule has 1 saturated heterocycles. The molecule has 1 fully saturated rings. The van der Waals surface area contributed by atoms with Crippen LogP contribution in [0, 0.1) is 17.2 Å². The molecule has 2 aromatic rings. The Morgan fingerprint density at radius 2 is 1.93 bits per heavy atom. The molecule has 0 spiro atoms. The van der Waals surface area contributed by atoms with Gasteiger partial charge in [-0.05, 0) is 38.5 Å². The lowest BCUT2D eigenvalue weighted by molar-refractivity contribution is -0.138. The minimum Gasteiger partial charge on any atom is -0.494 e. The van der Waals surface area contributed by atoms with Gasteiger partial charge >= 0.3 is 6.18 Å². The minimum atomic E-state index is -4.80. The van der Waals surface area contributed by atoms with E-state index < -0.39 is 46.2 Å². The fourth-order valence-corrected chi connectivity index (χ4v) is 4.83. The van der Waals surface area contributed by atoms with E-state index >= 15 is 0 Å². The van der Waals surface area contributed by atoms with Crippen LogP contribution in [-0.2, 0) is 26.9 Å². The summed E-state index contributed by atoms with van der Waals surface area (Å²) in [6.07, 6.45) is -4.57. The lowest BCUT2D eigenvalue weighted by Gasteiger charge is -2.28. The van der Waals surface area contributed by atoms with Crippen LogP contribution in [0.2, 0.25) is 0 Å². The fraction of sp³-hybridized carbons (Fsp3) is 0.400. The molecule has 2 aliphatic rings. The summed E-state index contributed by atoms with van der Waals surface area (Å²) < 4.78 is 47.1. The highest BCUT2D eigenvalue weighted by atomic mass is 19.4. The SMILES string of the molecule is CNC(=O)[C@@H]1CC2(C)OC1(C)c1c2c(O)n(-c2ccc(C#N)c(C(F)(F)F)c2)c1O. The fourth-order valence-electron chi connectivity index (χ4n) is 4.83. The average Bonchev–Trinajstić information content (AvgIpc) is 3.21. The van der Waals surface area contributed by atoms with E-state index in [0.717, 1.165) is 10.6 Å². The number of nitrogens with zero attached hydrogens (tertiary/aromatic N) is 2.